The van der Waals surface area contributed by atoms with Gasteiger partial charge in [0.15, 0.2) is 0 Å². The van der Waals surface area contributed by atoms with E-state index in [1.807, 2.05) is 17.5 Å². The van der Waals surface area contributed by atoms with Crippen molar-refractivity contribution < 1.29 is 13.9 Å². The molecular weight excluding hydrogens is 369 g/mol. The highest BCUT2D eigenvalue weighted by Gasteiger charge is 2.16. The number of pyridine rings is 1. The third kappa shape index (κ3) is 3.72. The zero-order valence-electron chi connectivity index (χ0n) is 15.0. The van der Waals surface area contributed by atoms with Crippen LogP contribution in [-0.2, 0) is 11.2 Å². The summed E-state index contributed by atoms with van der Waals surface area (Å²) in [4.78, 5) is 16.5. The molecule has 0 atom stereocenters. The first-order chi connectivity index (χ1) is 13.0. The van der Waals surface area contributed by atoms with Gasteiger partial charge in [-0.1, -0.05) is 23.7 Å². The highest BCUT2D eigenvalue weighted by atomic mass is 35.5. The van der Waals surface area contributed by atoms with Crippen molar-refractivity contribution in [3.05, 3.63) is 69.4 Å². The summed E-state index contributed by atoms with van der Waals surface area (Å²) in [5.74, 6) is -0.903. The third-order valence-corrected chi connectivity index (χ3v) is 4.57. The molecule has 0 radical (unpaired) electrons. The Morgan fingerprint density at radius 1 is 1.41 bits per heavy atom. The molecule has 0 aliphatic rings. The van der Waals surface area contributed by atoms with E-state index in [-0.39, 0.29) is 5.02 Å². The normalized spacial score (nSPS) is 11.4. The second-order valence-electron chi connectivity index (χ2n) is 6.05. The summed E-state index contributed by atoms with van der Waals surface area (Å²) >= 11 is 5.83. The molecular formula is C20H19ClFN3O2. The van der Waals surface area contributed by atoms with Crippen LogP contribution in [0, 0.1) is 12.7 Å². The van der Waals surface area contributed by atoms with Gasteiger partial charge in [-0.3, -0.25) is 0 Å². The number of imidazole rings is 1. The number of hydrogen-bond acceptors (Lipinski definition) is 4. The average Bonchev–Trinajstić information content (AvgIpc) is 2.98. The molecule has 7 heteroatoms. The number of carbonyl (C=O) groups is 1. The second kappa shape index (κ2) is 7.90. The molecule has 0 saturated heterocycles. The minimum absolute atomic E-state index is 0.0627. The van der Waals surface area contributed by atoms with Gasteiger partial charge in [-0.15, -0.1) is 0 Å². The van der Waals surface area contributed by atoms with Gasteiger partial charge < -0.3 is 14.9 Å². The lowest BCUT2D eigenvalue weighted by Crippen LogP contribution is -2.08. The summed E-state index contributed by atoms with van der Waals surface area (Å²) in [6.07, 6.45) is 5.75. The maximum absolute atomic E-state index is 14.1. The number of aromatic nitrogens is 2. The van der Waals surface area contributed by atoms with Crippen molar-refractivity contribution in [2.45, 2.75) is 13.3 Å². The topological polar surface area (TPSA) is 69.6 Å². The lowest BCUT2D eigenvalue weighted by Gasteiger charge is -2.07. The molecule has 2 N–H and O–H groups in total. The first kappa shape index (κ1) is 19.1. The number of nitrogens with zero attached hydrogens (tertiary/aromatic N) is 2. The number of methoxy groups -OCH3 is 1. The number of nitrogens with two attached hydrogens (primary N) is 1. The molecule has 0 bridgehead atoms. The van der Waals surface area contributed by atoms with Crippen LogP contribution in [0.2, 0.25) is 5.02 Å². The van der Waals surface area contributed by atoms with Crippen LogP contribution in [0.5, 0.6) is 0 Å². The van der Waals surface area contributed by atoms with E-state index in [1.54, 1.807) is 30.4 Å². The monoisotopic (exact) mass is 387 g/mol. The Morgan fingerprint density at radius 2 is 2.19 bits per heavy atom. The van der Waals surface area contributed by atoms with Crippen molar-refractivity contribution in [1.82, 2.24) is 9.38 Å². The lowest BCUT2D eigenvalue weighted by atomic mass is 10.1. The van der Waals surface area contributed by atoms with Crippen molar-refractivity contribution in [2.24, 2.45) is 5.73 Å². The largest absolute Gasteiger partial charge is 0.465 e. The number of esters is 1. The Bertz CT molecular complexity index is 1040. The minimum Gasteiger partial charge on any atom is -0.465 e. The molecule has 3 rings (SSSR count). The molecule has 0 saturated carbocycles. The van der Waals surface area contributed by atoms with Crippen LogP contribution in [0.25, 0.3) is 17.8 Å². The highest BCUT2D eigenvalue weighted by molar-refractivity contribution is 6.30. The quantitative estimate of drug-likeness (QED) is 0.674. The first-order valence-corrected chi connectivity index (χ1v) is 8.76. The van der Waals surface area contributed by atoms with Gasteiger partial charge in [0.1, 0.15) is 11.5 Å². The maximum atomic E-state index is 14.1. The molecule has 0 aliphatic heterocycles. The molecule has 5 nitrogen and oxygen atoms in total. The molecule has 2 aromatic heterocycles. The van der Waals surface area contributed by atoms with E-state index in [1.165, 1.54) is 13.2 Å². The van der Waals surface area contributed by atoms with E-state index in [0.29, 0.717) is 35.4 Å². The van der Waals surface area contributed by atoms with E-state index < -0.39 is 11.8 Å². The minimum atomic E-state index is -0.483. The van der Waals surface area contributed by atoms with Crippen LogP contribution in [0.3, 0.4) is 0 Å². The zero-order chi connectivity index (χ0) is 19.6. The smallest absolute Gasteiger partial charge is 0.338 e. The summed E-state index contributed by atoms with van der Waals surface area (Å²) in [6.45, 7) is 2.26. The molecule has 1 aromatic carbocycles. The molecule has 140 valence electrons. The number of fused-ring (bicyclic) bond motifs is 1. The maximum Gasteiger partial charge on any atom is 0.338 e. The van der Waals surface area contributed by atoms with Crippen LogP contribution >= 0.6 is 11.6 Å². The number of halogens is 2. The van der Waals surface area contributed by atoms with E-state index in [0.717, 1.165) is 11.3 Å². The number of carbonyl (C=O) groups excluding carboxylic acids is 1. The fraction of sp³-hybridized carbons (Fsp3) is 0.200. The van der Waals surface area contributed by atoms with E-state index in [4.69, 9.17) is 22.1 Å². The molecule has 0 fully saturated rings. The lowest BCUT2D eigenvalue weighted by molar-refractivity contribution is 0.0600. The Labute approximate surface area is 161 Å². The Kier molecular flexibility index (Phi) is 5.58. The van der Waals surface area contributed by atoms with Gasteiger partial charge >= 0.3 is 5.97 Å². The Hall–Kier alpha value is -2.70. The molecule has 0 aliphatic carbocycles. The molecule has 27 heavy (non-hydrogen) atoms. The van der Waals surface area contributed by atoms with Crippen LogP contribution in [-0.4, -0.2) is 29.0 Å². The van der Waals surface area contributed by atoms with Crippen LogP contribution in [0.4, 0.5) is 4.39 Å². The SMILES string of the molecule is COC(=O)c1cc2nc(/C=C/c3cccc(Cl)c3F)c(CCN)n2cc1C. The van der Waals surface area contributed by atoms with Gasteiger partial charge in [-0.05, 0) is 43.3 Å². The summed E-state index contributed by atoms with van der Waals surface area (Å²) in [5, 5.41) is 0.0627. The van der Waals surface area contributed by atoms with Crippen molar-refractivity contribution in [2.75, 3.05) is 13.7 Å². The fourth-order valence-corrected chi connectivity index (χ4v) is 3.10. The highest BCUT2D eigenvalue weighted by Crippen LogP contribution is 2.23. The average molecular weight is 388 g/mol. The predicted molar refractivity (Wildman–Crippen MR) is 104 cm³/mol. The summed E-state index contributed by atoms with van der Waals surface area (Å²) in [7, 11) is 1.34. The zero-order valence-corrected chi connectivity index (χ0v) is 15.8. The molecule has 3 aromatic rings. The second-order valence-corrected chi connectivity index (χ2v) is 6.46. The van der Waals surface area contributed by atoms with Crippen molar-refractivity contribution in [1.29, 1.82) is 0 Å². The van der Waals surface area contributed by atoms with Crippen molar-refractivity contribution >= 4 is 35.4 Å². The van der Waals surface area contributed by atoms with Crippen LogP contribution in [0.1, 0.15) is 32.9 Å². The third-order valence-electron chi connectivity index (χ3n) is 4.28. The van der Waals surface area contributed by atoms with Crippen molar-refractivity contribution in [3.8, 4) is 0 Å². The van der Waals surface area contributed by atoms with E-state index >= 15 is 0 Å². The molecule has 2 heterocycles. The number of benzene rings is 1. The Balaban J connectivity index is 2.11. The van der Waals surface area contributed by atoms with Crippen molar-refractivity contribution in [3.63, 3.8) is 0 Å². The number of hydrogen-bond donors (Lipinski definition) is 1. The van der Waals surface area contributed by atoms with Crippen LogP contribution in [0.15, 0.2) is 30.5 Å². The predicted octanol–water partition coefficient (Wildman–Crippen LogP) is 3.89. The van der Waals surface area contributed by atoms with Crippen LogP contribution < -0.4 is 5.73 Å². The summed E-state index contributed by atoms with van der Waals surface area (Å²) < 4.78 is 20.8. The molecule has 0 unspecified atom stereocenters. The summed E-state index contributed by atoms with van der Waals surface area (Å²) in [6, 6.07) is 6.49. The van der Waals surface area contributed by atoms with Gasteiger partial charge in [0.2, 0.25) is 0 Å². The van der Waals surface area contributed by atoms with Gasteiger partial charge in [-0.2, -0.15) is 0 Å². The molecule has 0 spiro atoms. The van der Waals surface area contributed by atoms with Gasteiger partial charge in [-0.25, -0.2) is 14.2 Å². The van der Waals surface area contributed by atoms with E-state index in [9.17, 15) is 9.18 Å². The summed E-state index contributed by atoms with van der Waals surface area (Å²) in [5.41, 5.74) is 9.46. The van der Waals surface area contributed by atoms with Gasteiger partial charge in [0.25, 0.3) is 0 Å². The number of aryl methyl sites for hydroxylation is 1. The number of rotatable bonds is 5. The Morgan fingerprint density at radius 3 is 2.89 bits per heavy atom. The van der Waals surface area contributed by atoms with Gasteiger partial charge in [0.05, 0.1) is 29.1 Å². The van der Waals surface area contributed by atoms with E-state index in [2.05, 4.69) is 4.98 Å². The fourth-order valence-electron chi connectivity index (χ4n) is 2.92. The van der Waals surface area contributed by atoms with Gasteiger partial charge in [0, 0.05) is 18.2 Å². The number of ether oxygens (including phenoxy) is 1. The first-order valence-electron chi connectivity index (χ1n) is 8.38. The molecule has 0 amide bonds. The standard InChI is InChI=1S/C20H19ClFN3O2/c1-12-11-25-17(8-9-23)16(24-18(25)10-14(12)20(26)27-2)7-6-13-4-3-5-15(21)19(13)22/h3-7,10-11H,8-9,23H2,1-2H3/b7-6+.